The standard InChI is InChI=1S/C20H20ClN3O2S2/c21-18-5-4-17(28-18)20-23-16(13-27-20)11-19(25)22-15-3-1-2-14(10-15)12-24-6-8-26-9-7-24/h1-5,10,13H,6-9,11-12H2,(H,22,25). The third kappa shape index (κ3) is 5.18. The van der Waals surface area contributed by atoms with E-state index in [9.17, 15) is 4.79 Å². The van der Waals surface area contributed by atoms with Gasteiger partial charge in [0.05, 0.1) is 34.5 Å². The minimum absolute atomic E-state index is 0.0652. The van der Waals surface area contributed by atoms with Crippen molar-refractivity contribution < 1.29 is 9.53 Å². The van der Waals surface area contributed by atoms with E-state index in [0.29, 0.717) is 0 Å². The zero-order valence-corrected chi connectivity index (χ0v) is 17.6. The Bertz CT molecular complexity index is 950. The zero-order valence-electron chi connectivity index (χ0n) is 15.2. The molecule has 0 saturated carbocycles. The monoisotopic (exact) mass is 433 g/mol. The lowest BCUT2D eigenvalue weighted by molar-refractivity contribution is -0.115. The van der Waals surface area contributed by atoms with Crippen LogP contribution in [0.25, 0.3) is 9.88 Å². The molecule has 0 aliphatic carbocycles. The highest BCUT2D eigenvalue weighted by molar-refractivity contribution is 7.23. The van der Waals surface area contributed by atoms with Gasteiger partial charge in [-0.3, -0.25) is 9.69 Å². The topological polar surface area (TPSA) is 54.5 Å². The highest BCUT2D eigenvalue weighted by atomic mass is 35.5. The quantitative estimate of drug-likeness (QED) is 0.620. The van der Waals surface area contributed by atoms with Crippen molar-refractivity contribution in [3.05, 3.63) is 57.4 Å². The van der Waals surface area contributed by atoms with Gasteiger partial charge in [-0.1, -0.05) is 23.7 Å². The minimum atomic E-state index is -0.0652. The average molecular weight is 434 g/mol. The van der Waals surface area contributed by atoms with Gasteiger partial charge in [-0.05, 0) is 29.8 Å². The van der Waals surface area contributed by atoms with Crippen LogP contribution in [0.3, 0.4) is 0 Å². The van der Waals surface area contributed by atoms with Crippen LogP contribution in [-0.4, -0.2) is 42.1 Å². The van der Waals surface area contributed by atoms with E-state index in [1.54, 1.807) is 0 Å². The number of rotatable bonds is 6. The van der Waals surface area contributed by atoms with Crippen LogP contribution in [0, 0.1) is 0 Å². The van der Waals surface area contributed by atoms with Crippen LogP contribution in [0.5, 0.6) is 0 Å². The number of aromatic nitrogens is 1. The summed E-state index contributed by atoms with van der Waals surface area (Å²) in [5, 5.41) is 5.81. The Morgan fingerprint density at radius 3 is 2.89 bits per heavy atom. The van der Waals surface area contributed by atoms with E-state index in [1.807, 2.05) is 35.7 Å². The van der Waals surface area contributed by atoms with Gasteiger partial charge < -0.3 is 10.1 Å². The normalized spacial score (nSPS) is 14.9. The fraction of sp³-hybridized carbons (Fsp3) is 0.300. The van der Waals surface area contributed by atoms with Crippen molar-refractivity contribution in [3.63, 3.8) is 0 Å². The first-order valence-electron chi connectivity index (χ1n) is 9.05. The van der Waals surface area contributed by atoms with Gasteiger partial charge in [0.2, 0.25) is 5.91 Å². The first-order valence-corrected chi connectivity index (χ1v) is 11.1. The second-order valence-electron chi connectivity index (χ2n) is 6.56. The third-order valence-electron chi connectivity index (χ3n) is 4.40. The van der Waals surface area contributed by atoms with E-state index in [1.165, 1.54) is 28.2 Å². The summed E-state index contributed by atoms with van der Waals surface area (Å²) in [5.41, 5.74) is 2.77. The number of thiophene rings is 1. The Balaban J connectivity index is 1.35. The van der Waals surface area contributed by atoms with Crippen LogP contribution < -0.4 is 5.32 Å². The van der Waals surface area contributed by atoms with Crippen molar-refractivity contribution in [1.29, 1.82) is 0 Å². The maximum absolute atomic E-state index is 12.4. The molecule has 4 rings (SSSR count). The first-order chi connectivity index (χ1) is 13.7. The summed E-state index contributed by atoms with van der Waals surface area (Å²) in [5.74, 6) is -0.0652. The van der Waals surface area contributed by atoms with E-state index in [4.69, 9.17) is 16.3 Å². The van der Waals surface area contributed by atoms with Gasteiger partial charge in [0.1, 0.15) is 5.01 Å². The van der Waals surface area contributed by atoms with Crippen molar-refractivity contribution in [2.75, 3.05) is 31.6 Å². The van der Waals surface area contributed by atoms with Gasteiger partial charge in [-0.2, -0.15) is 0 Å². The maximum Gasteiger partial charge on any atom is 0.230 e. The minimum Gasteiger partial charge on any atom is -0.379 e. The fourth-order valence-corrected chi connectivity index (χ4v) is 5.00. The molecule has 1 N–H and O–H groups in total. The van der Waals surface area contributed by atoms with Gasteiger partial charge in [0, 0.05) is 30.7 Å². The molecule has 28 heavy (non-hydrogen) atoms. The molecule has 1 amide bonds. The summed E-state index contributed by atoms with van der Waals surface area (Å²) >= 11 is 9.01. The third-order valence-corrected chi connectivity index (χ3v) is 6.69. The van der Waals surface area contributed by atoms with Crippen LogP contribution in [0.2, 0.25) is 4.34 Å². The average Bonchev–Trinajstić information content (AvgIpc) is 3.32. The van der Waals surface area contributed by atoms with Crippen molar-refractivity contribution in [2.45, 2.75) is 13.0 Å². The summed E-state index contributed by atoms with van der Waals surface area (Å²) in [6.45, 7) is 4.32. The molecule has 1 fully saturated rings. The second kappa shape index (κ2) is 9.15. The maximum atomic E-state index is 12.4. The van der Waals surface area contributed by atoms with Gasteiger partial charge in [0.15, 0.2) is 0 Å². The number of carbonyl (C=O) groups is 1. The molecule has 0 bridgehead atoms. The number of hydrogen-bond donors (Lipinski definition) is 1. The first kappa shape index (κ1) is 19.5. The molecule has 1 aromatic carbocycles. The Morgan fingerprint density at radius 2 is 2.11 bits per heavy atom. The summed E-state index contributed by atoms with van der Waals surface area (Å²) in [7, 11) is 0. The van der Waals surface area contributed by atoms with E-state index >= 15 is 0 Å². The smallest absolute Gasteiger partial charge is 0.230 e. The number of carbonyl (C=O) groups excluding carboxylic acids is 1. The summed E-state index contributed by atoms with van der Waals surface area (Å²) in [6, 6.07) is 11.8. The number of nitrogens with one attached hydrogen (secondary N) is 1. The molecule has 0 unspecified atom stereocenters. The van der Waals surface area contributed by atoms with Crippen LogP contribution in [-0.2, 0) is 22.5 Å². The number of morpholine rings is 1. The number of hydrogen-bond acceptors (Lipinski definition) is 6. The lowest BCUT2D eigenvalue weighted by atomic mass is 10.1. The van der Waals surface area contributed by atoms with Crippen LogP contribution >= 0.6 is 34.3 Å². The Kier molecular flexibility index (Phi) is 6.39. The van der Waals surface area contributed by atoms with Crippen molar-refractivity contribution in [1.82, 2.24) is 9.88 Å². The largest absolute Gasteiger partial charge is 0.379 e. The Hall–Kier alpha value is -1.77. The molecule has 0 spiro atoms. The van der Waals surface area contributed by atoms with Gasteiger partial charge >= 0.3 is 0 Å². The predicted molar refractivity (Wildman–Crippen MR) is 115 cm³/mol. The Labute approximate surface area is 176 Å². The van der Waals surface area contributed by atoms with Crippen LogP contribution in [0.15, 0.2) is 41.8 Å². The number of nitrogens with zero attached hydrogens (tertiary/aromatic N) is 2. The van der Waals surface area contributed by atoms with E-state index in [2.05, 4.69) is 21.3 Å². The molecule has 1 saturated heterocycles. The summed E-state index contributed by atoms with van der Waals surface area (Å²) < 4.78 is 6.13. The molecule has 0 radical (unpaired) electrons. The zero-order chi connectivity index (χ0) is 19.3. The van der Waals surface area contributed by atoms with Crippen molar-refractivity contribution >= 4 is 45.9 Å². The van der Waals surface area contributed by atoms with Crippen LogP contribution in [0.1, 0.15) is 11.3 Å². The SMILES string of the molecule is O=C(Cc1csc(-c2ccc(Cl)s2)n1)Nc1cccc(CN2CCOCC2)c1. The molecular weight excluding hydrogens is 414 g/mol. The van der Waals surface area contributed by atoms with E-state index in [-0.39, 0.29) is 12.3 Å². The molecule has 3 heterocycles. The van der Waals surface area contributed by atoms with Crippen molar-refractivity contribution in [3.8, 4) is 9.88 Å². The lowest BCUT2D eigenvalue weighted by Gasteiger charge is -2.26. The van der Waals surface area contributed by atoms with E-state index in [0.717, 1.165) is 58.5 Å². The molecule has 1 aliphatic rings. The molecule has 1 aliphatic heterocycles. The molecule has 5 nitrogen and oxygen atoms in total. The Morgan fingerprint density at radius 1 is 1.25 bits per heavy atom. The summed E-state index contributed by atoms with van der Waals surface area (Å²) in [6.07, 6.45) is 0.253. The number of halogens is 1. The van der Waals surface area contributed by atoms with Crippen LogP contribution in [0.4, 0.5) is 5.69 Å². The highest BCUT2D eigenvalue weighted by Gasteiger charge is 2.13. The second-order valence-corrected chi connectivity index (χ2v) is 9.13. The predicted octanol–water partition coefficient (Wildman–Crippen LogP) is 4.54. The fourth-order valence-electron chi connectivity index (χ4n) is 3.07. The number of anilines is 1. The molecule has 0 atom stereocenters. The van der Waals surface area contributed by atoms with Gasteiger partial charge in [-0.15, -0.1) is 22.7 Å². The van der Waals surface area contributed by atoms with Gasteiger partial charge in [-0.25, -0.2) is 4.98 Å². The van der Waals surface area contributed by atoms with E-state index < -0.39 is 0 Å². The summed E-state index contributed by atoms with van der Waals surface area (Å²) in [4.78, 5) is 20.4. The number of thiazole rings is 1. The lowest BCUT2D eigenvalue weighted by Crippen LogP contribution is -2.35. The molecule has 3 aromatic rings. The highest BCUT2D eigenvalue weighted by Crippen LogP contribution is 2.33. The number of ether oxygens (including phenoxy) is 1. The molecule has 146 valence electrons. The van der Waals surface area contributed by atoms with Gasteiger partial charge in [0.25, 0.3) is 0 Å². The van der Waals surface area contributed by atoms with Crippen molar-refractivity contribution in [2.24, 2.45) is 0 Å². The molecule has 8 heteroatoms. The molecule has 2 aromatic heterocycles. The number of benzene rings is 1. The molecular formula is C20H20ClN3O2S2. The number of amides is 1.